The quantitative estimate of drug-likeness (QED) is 0.877. The van der Waals surface area contributed by atoms with E-state index in [9.17, 15) is 0 Å². The van der Waals surface area contributed by atoms with Gasteiger partial charge in [0.25, 0.3) is 0 Å². The molecule has 0 heterocycles. The summed E-state index contributed by atoms with van der Waals surface area (Å²) in [6.07, 6.45) is 0.757. The van der Waals surface area contributed by atoms with Crippen molar-refractivity contribution in [3.8, 4) is 0 Å². The van der Waals surface area contributed by atoms with E-state index in [0.29, 0.717) is 10.0 Å². The van der Waals surface area contributed by atoms with E-state index in [4.69, 9.17) is 28.9 Å². The third kappa shape index (κ3) is 3.05. The van der Waals surface area contributed by atoms with Gasteiger partial charge in [0, 0.05) is 16.1 Å². The highest BCUT2D eigenvalue weighted by molar-refractivity contribution is 6.33. The van der Waals surface area contributed by atoms with Gasteiger partial charge in [-0.25, -0.2) is 0 Å². The van der Waals surface area contributed by atoms with E-state index in [2.05, 4.69) is 19.1 Å². The summed E-state index contributed by atoms with van der Waals surface area (Å²) in [5.41, 5.74) is 9.60. The molecule has 1 nitrogen and oxygen atoms in total. The minimum absolute atomic E-state index is 0.141. The van der Waals surface area contributed by atoms with E-state index >= 15 is 0 Å². The fourth-order valence-corrected chi connectivity index (χ4v) is 2.42. The molecule has 1 atom stereocenters. The van der Waals surface area contributed by atoms with Crippen LogP contribution in [0.2, 0.25) is 10.0 Å². The number of benzene rings is 2. The Morgan fingerprint density at radius 3 is 2.56 bits per heavy atom. The lowest BCUT2D eigenvalue weighted by Crippen LogP contribution is -2.14. The molecular formula is C15H15Cl2N. The van der Waals surface area contributed by atoms with Gasteiger partial charge in [-0.2, -0.15) is 0 Å². The van der Waals surface area contributed by atoms with Crippen molar-refractivity contribution >= 4 is 23.2 Å². The number of nitrogens with two attached hydrogens (primary N) is 1. The van der Waals surface area contributed by atoms with Gasteiger partial charge < -0.3 is 5.73 Å². The van der Waals surface area contributed by atoms with Gasteiger partial charge in [-0.1, -0.05) is 47.5 Å². The fourth-order valence-electron chi connectivity index (χ4n) is 1.98. The monoisotopic (exact) mass is 279 g/mol. The third-order valence-corrected chi connectivity index (χ3v) is 3.64. The molecule has 0 aromatic heterocycles. The zero-order valence-corrected chi connectivity index (χ0v) is 11.7. The average Bonchev–Trinajstić information content (AvgIpc) is 2.35. The molecule has 1 unspecified atom stereocenters. The van der Waals surface area contributed by atoms with Gasteiger partial charge >= 0.3 is 0 Å². The summed E-state index contributed by atoms with van der Waals surface area (Å²) in [5.74, 6) is 0. The number of aryl methyl sites for hydroxylation is 1. The Hall–Kier alpha value is -1.02. The predicted molar refractivity (Wildman–Crippen MR) is 78.3 cm³/mol. The minimum atomic E-state index is -0.141. The molecule has 0 fully saturated rings. The summed E-state index contributed by atoms with van der Waals surface area (Å²) < 4.78 is 0. The highest BCUT2D eigenvalue weighted by Gasteiger charge is 2.12. The molecule has 18 heavy (non-hydrogen) atoms. The fraction of sp³-hybridized carbons (Fsp3) is 0.200. The standard InChI is InChI=1S/C15H15Cl2N/c1-10-4-2-3-5-11(10)8-15(18)13-9-12(16)6-7-14(13)17/h2-7,9,15H,8,18H2,1H3. The Labute approximate surface area is 118 Å². The van der Waals surface area contributed by atoms with Crippen LogP contribution in [0.3, 0.4) is 0 Å². The molecule has 0 saturated heterocycles. The zero-order valence-electron chi connectivity index (χ0n) is 10.2. The van der Waals surface area contributed by atoms with E-state index in [0.717, 1.165) is 12.0 Å². The largest absolute Gasteiger partial charge is 0.324 e. The molecule has 3 heteroatoms. The van der Waals surface area contributed by atoms with E-state index in [1.807, 2.05) is 18.2 Å². The Morgan fingerprint density at radius 1 is 1.11 bits per heavy atom. The summed E-state index contributed by atoms with van der Waals surface area (Å²) in [4.78, 5) is 0. The van der Waals surface area contributed by atoms with Gasteiger partial charge in [0.1, 0.15) is 0 Å². The van der Waals surface area contributed by atoms with Gasteiger partial charge in [0.05, 0.1) is 0 Å². The van der Waals surface area contributed by atoms with E-state index in [1.165, 1.54) is 11.1 Å². The van der Waals surface area contributed by atoms with Crippen LogP contribution in [0, 0.1) is 6.92 Å². The molecular weight excluding hydrogens is 265 g/mol. The molecule has 0 saturated carbocycles. The Morgan fingerprint density at radius 2 is 1.83 bits per heavy atom. The van der Waals surface area contributed by atoms with Gasteiger partial charge in [-0.15, -0.1) is 0 Å². The van der Waals surface area contributed by atoms with Gasteiger partial charge in [0.15, 0.2) is 0 Å². The van der Waals surface area contributed by atoms with Crippen molar-refractivity contribution in [3.63, 3.8) is 0 Å². The van der Waals surface area contributed by atoms with Crippen LogP contribution in [0.25, 0.3) is 0 Å². The highest BCUT2D eigenvalue weighted by atomic mass is 35.5. The second-order valence-electron chi connectivity index (χ2n) is 4.40. The van der Waals surface area contributed by atoms with Crippen LogP contribution in [0.15, 0.2) is 42.5 Å². The Kier molecular flexibility index (Phi) is 4.28. The number of hydrogen-bond donors (Lipinski definition) is 1. The van der Waals surface area contributed by atoms with Crippen molar-refractivity contribution in [3.05, 3.63) is 69.2 Å². The highest BCUT2D eigenvalue weighted by Crippen LogP contribution is 2.27. The van der Waals surface area contributed by atoms with Crippen molar-refractivity contribution in [1.82, 2.24) is 0 Å². The maximum Gasteiger partial charge on any atom is 0.0454 e. The summed E-state index contributed by atoms with van der Waals surface area (Å²) in [6.45, 7) is 2.08. The average molecular weight is 280 g/mol. The second-order valence-corrected chi connectivity index (χ2v) is 5.25. The van der Waals surface area contributed by atoms with Crippen LogP contribution in [-0.4, -0.2) is 0 Å². The maximum atomic E-state index is 6.22. The van der Waals surface area contributed by atoms with Gasteiger partial charge in [-0.05, 0) is 48.2 Å². The van der Waals surface area contributed by atoms with Crippen LogP contribution in [0.1, 0.15) is 22.7 Å². The molecule has 0 aliphatic heterocycles. The van der Waals surface area contributed by atoms with Crippen LogP contribution in [0.5, 0.6) is 0 Å². The first kappa shape index (κ1) is 13.4. The summed E-state index contributed by atoms with van der Waals surface area (Å²) in [7, 11) is 0. The van der Waals surface area contributed by atoms with Gasteiger partial charge in [-0.3, -0.25) is 0 Å². The van der Waals surface area contributed by atoms with Crippen molar-refractivity contribution < 1.29 is 0 Å². The van der Waals surface area contributed by atoms with Crippen molar-refractivity contribution in [2.45, 2.75) is 19.4 Å². The van der Waals surface area contributed by atoms with Crippen LogP contribution in [-0.2, 0) is 6.42 Å². The lowest BCUT2D eigenvalue weighted by atomic mass is 9.97. The molecule has 2 aromatic carbocycles. The van der Waals surface area contributed by atoms with Crippen LogP contribution in [0.4, 0.5) is 0 Å². The lowest BCUT2D eigenvalue weighted by molar-refractivity contribution is 0.719. The lowest BCUT2D eigenvalue weighted by Gasteiger charge is -2.15. The second kappa shape index (κ2) is 5.75. The number of hydrogen-bond acceptors (Lipinski definition) is 1. The normalized spacial score (nSPS) is 12.4. The van der Waals surface area contributed by atoms with Crippen molar-refractivity contribution in [2.75, 3.05) is 0 Å². The molecule has 0 radical (unpaired) electrons. The zero-order chi connectivity index (χ0) is 13.1. The molecule has 0 spiro atoms. The van der Waals surface area contributed by atoms with Crippen LogP contribution < -0.4 is 5.73 Å². The Balaban J connectivity index is 2.25. The molecule has 0 bridgehead atoms. The molecule has 0 aliphatic carbocycles. The molecule has 2 N–H and O–H groups in total. The molecule has 2 aromatic rings. The molecule has 0 aliphatic rings. The SMILES string of the molecule is Cc1ccccc1CC(N)c1cc(Cl)ccc1Cl. The van der Waals surface area contributed by atoms with E-state index in [1.54, 1.807) is 12.1 Å². The summed E-state index contributed by atoms with van der Waals surface area (Å²) in [5, 5.41) is 1.33. The van der Waals surface area contributed by atoms with Crippen molar-refractivity contribution in [2.24, 2.45) is 5.73 Å². The van der Waals surface area contributed by atoms with Crippen LogP contribution >= 0.6 is 23.2 Å². The predicted octanol–water partition coefficient (Wildman–Crippen LogP) is 4.54. The number of rotatable bonds is 3. The summed E-state index contributed by atoms with van der Waals surface area (Å²) in [6, 6.07) is 13.5. The summed E-state index contributed by atoms with van der Waals surface area (Å²) >= 11 is 12.1. The topological polar surface area (TPSA) is 26.0 Å². The Bertz CT molecular complexity index is 552. The molecule has 0 amide bonds. The maximum absolute atomic E-state index is 6.22. The first-order valence-corrected chi connectivity index (χ1v) is 6.58. The third-order valence-electron chi connectivity index (χ3n) is 3.06. The molecule has 94 valence electrons. The van der Waals surface area contributed by atoms with Gasteiger partial charge in [0.2, 0.25) is 0 Å². The first-order valence-electron chi connectivity index (χ1n) is 5.83. The first-order chi connectivity index (χ1) is 8.58. The van der Waals surface area contributed by atoms with E-state index in [-0.39, 0.29) is 6.04 Å². The molecule has 2 rings (SSSR count). The minimum Gasteiger partial charge on any atom is -0.324 e. The number of halogens is 2. The van der Waals surface area contributed by atoms with Crippen molar-refractivity contribution in [1.29, 1.82) is 0 Å². The van der Waals surface area contributed by atoms with E-state index < -0.39 is 0 Å². The smallest absolute Gasteiger partial charge is 0.0454 e.